The maximum atomic E-state index is 11.7. The highest BCUT2D eigenvalue weighted by atomic mass is 32.2. The van der Waals surface area contributed by atoms with Gasteiger partial charge in [0, 0.05) is 34.9 Å². The van der Waals surface area contributed by atoms with Crippen LogP contribution in [0.25, 0.3) is 15.6 Å². The average molecular weight is 484 g/mol. The number of rotatable bonds is 3. The summed E-state index contributed by atoms with van der Waals surface area (Å²) in [4.78, 5) is 31.7. The first-order valence-electron chi connectivity index (χ1n) is 10.1. The molecule has 0 aliphatic carbocycles. The molecule has 1 atom stereocenters. The zero-order valence-corrected chi connectivity index (χ0v) is 20.5. The lowest BCUT2D eigenvalue weighted by Crippen LogP contribution is -2.45. The number of nitrogens with one attached hydrogen (secondary N) is 1. The molecular weight excluding hydrogens is 462 g/mol. The summed E-state index contributed by atoms with van der Waals surface area (Å²) >= 11 is 3.58. The lowest BCUT2D eigenvalue weighted by atomic mass is 9.80. The van der Waals surface area contributed by atoms with E-state index in [1.807, 2.05) is 12.1 Å². The Morgan fingerprint density at radius 1 is 1.22 bits per heavy atom. The molecule has 2 aliphatic heterocycles. The number of carbonyl (C=O) groups is 2. The van der Waals surface area contributed by atoms with E-state index in [-0.39, 0.29) is 15.9 Å². The van der Waals surface area contributed by atoms with E-state index in [9.17, 15) is 9.59 Å². The van der Waals surface area contributed by atoms with E-state index in [2.05, 4.69) is 65.4 Å². The second-order valence-corrected chi connectivity index (χ2v) is 11.6. The zero-order valence-electron chi connectivity index (χ0n) is 18.0. The molecule has 2 aliphatic rings. The summed E-state index contributed by atoms with van der Waals surface area (Å²) in [7, 11) is 2.15. The van der Waals surface area contributed by atoms with Crippen LogP contribution in [0.15, 0.2) is 40.2 Å². The van der Waals surface area contributed by atoms with Crippen molar-refractivity contribution < 1.29 is 9.59 Å². The summed E-state index contributed by atoms with van der Waals surface area (Å²) in [5.41, 5.74) is 3.81. The smallest absolute Gasteiger partial charge is 0.291 e. The average Bonchev–Trinajstić information content (AvgIpc) is 3.37. The van der Waals surface area contributed by atoms with Crippen LogP contribution in [0.4, 0.5) is 21.3 Å². The van der Waals surface area contributed by atoms with Gasteiger partial charge in [0.25, 0.3) is 5.24 Å². The Labute approximate surface area is 197 Å². The Hall–Kier alpha value is -2.56. The van der Waals surface area contributed by atoms with Crippen LogP contribution < -0.4 is 10.2 Å². The van der Waals surface area contributed by atoms with Crippen LogP contribution >= 0.6 is 34.4 Å². The molecule has 164 valence electrons. The molecule has 10 heteroatoms. The number of hydrogen-bond acceptors (Lipinski definition) is 9. The second kappa shape index (κ2) is 7.79. The molecule has 1 aromatic carbocycles. The Bertz CT molecular complexity index is 1290. The third-order valence-corrected chi connectivity index (χ3v) is 8.58. The van der Waals surface area contributed by atoms with E-state index >= 15 is 0 Å². The molecule has 7 nitrogen and oxygen atoms in total. The van der Waals surface area contributed by atoms with Crippen LogP contribution in [0.5, 0.6) is 0 Å². The van der Waals surface area contributed by atoms with Crippen LogP contribution in [0.2, 0.25) is 0 Å². The predicted molar refractivity (Wildman–Crippen MR) is 133 cm³/mol. The highest BCUT2D eigenvalue weighted by Gasteiger charge is 2.34. The summed E-state index contributed by atoms with van der Waals surface area (Å²) in [5, 5.41) is 11.3. The number of amides is 1. The molecule has 0 radical (unpaired) electrons. The van der Waals surface area contributed by atoms with Crippen molar-refractivity contribution in [2.45, 2.75) is 38.6 Å². The minimum Gasteiger partial charge on any atom is -0.369 e. The van der Waals surface area contributed by atoms with Crippen molar-refractivity contribution in [2.24, 2.45) is 10.2 Å². The molecule has 2 aromatic heterocycles. The van der Waals surface area contributed by atoms with Gasteiger partial charge in [-0.1, -0.05) is 18.3 Å². The van der Waals surface area contributed by atoms with Gasteiger partial charge >= 0.3 is 0 Å². The van der Waals surface area contributed by atoms with Gasteiger partial charge in [-0.3, -0.25) is 9.59 Å². The molecule has 1 saturated heterocycles. The number of fused-ring (bicyclic) bond motifs is 2. The van der Waals surface area contributed by atoms with Crippen LogP contribution in [0.1, 0.15) is 43.6 Å². The molecule has 0 bridgehead atoms. The van der Waals surface area contributed by atoms with E-state index in [1.165, 1.54) is 33.9 Å². The first-order valence-corrected chi connectivity index (χ1v) is 12.6. The van der Waals surface area contributed by atoms with Crippen molar-refractivity contribution in [3.63, 3.8) is 0 Å². The van der Waals surface area contributed by atoms with E-state index in [0.717, 1.165) is 26.5 Å². The maximum Gasteiger partial charge on any atom is 0.291 e. The summed E-state index contributed by atoms with van der Waals surface area (Å²) in [6, 6.07) is 8.20. The van der Waals surface area contributed by atoms with E-state index in [4.69, 9.17) is 0 Å². The molecule has 5 rings (SSSR count). The largest absolute Gasteiger partial charge is 0.369 e. The standard InChI is InChI=1S/C22H21N5O2S3/c1-11-10-22(2,3)27(4)16-6-5-12(7-14(11)16)25-26-20-24-18-17(31-20)9-13(30-18)8-15-19(28)32-21(29)23-15/h5-9,11H,10H2,1-4H3,(H,23,29)/b15-8+,26-25+. The summed E-state index contributed by atoms with van der Waals surface area (Å²) in [6.45, 7) is 6.81. The van der Waals surface area contributed by atoms with Crippen LogP contribution in [-0.2, 0) is 4.79 Å². The number of aromatic nitrogens is 1. The number of nitrogens with zero attached hydrogens (tertiary/aromatic N) is 4. The Morgan fingerprint density at radius 2 is 2.03 bits per heavy atom. The molecular formula is C22H21N5O2S3. The number of thiazole rings is 1. The number of azo groups is 1. The number of carbonyl (C=O) groups excluding carboxylic acids is 2. The Morgan fingerprint density at radius 3 is 2.75 bits per heavy atom. The fourth-order valence-electron chi connectivity index (χ4n) is 4.15. The summed E-state index contributed by atoms with van der Waals surface area (Å²) < 4.78 is 0.975. The van der Waals surface area contributed by atoms with Gasteiger partial charge in [-0.25, -0.2) is 4.98 Å². The quantitative estimate of drug-likeness (QED) is 0.326. The number of anilines is 1. The van der Waals surface area contributed by atoms with Gasteiger partial charge in [0.2, 0.25) is 10.2 Å². The number of benzene rings is 1. The van der Waals surface area contributed by atoms with Crippen LogP contribution in [0, 0.1) is 0 Å². The number of thioether (sulfide) groups is 1. The summed E-state index contributed by atoms with van der Waals surface area (Å²) in [5.74, 6) is 0.457. The van der Waals surface area contributed by atoms with E-state index in [0.29, 0.717) is 28.5 Å². The summed E-state index contributed by atoms with van der Waals surface area (Å²) in [6.07, 6.45) is 2.78. The molecule has 1 N–H and O–H groups in total. The topological polar surface area (TPSA) is 87.0 Å². The van der Waals surface area contributed by atoms with Gasteiger partial charge < -0.3 is 10.2 Å². The third-order valence-electron chi connectivity index (χ3n) is 5.89. The fraction of sp³-hybridized carbons (Fsp3) is 0.318. The minimum atomic E-state index is -0.340. The maximum absolute atomic E-state index is 11.7. The monoisotopic (exact) mass is 483 g/mol. The van der Waals surface area contributed by atoms with Crippen molar-refractivity contribution in [3.05, 3.63) is 40.4 Å². The van der Waals surface area contributed by atoms with Gasteiger partial charge in [-0.15, -0.1) is 21.6 Å². The molecule has 0 spiro atoms. The molecule has 1 unspecified atom stereocenters. The highest BCUT2D eigenvalue weighted by molar-refractivity contribution is 8.27. The van der Waals surface area contributed by atoms with Crippen LogP contribution in [-0.4, -0.2) is 27.9 Å². The van der Waals surface area contributed by atoms with Gasteiger partial charge in [0.1, 0.15) is 4.83 Å². The molecule has 1 fully saturated rings. The second-order valence-electron chi connectivity index (χ2n) is 8.59. The third kappa shape index (κ3) is 3.87. The van der Waals surface area contributed by atoms with Crippen molar-refractivity contribution in [3.8, 4) is 0 Å². The van der Waals surface area contributed by atoms with Gasteiger partial charge in [-0.05, 0) is 62.1 Å². The number of hydrogen-bond donors (Lipinski definition) is 1. The van der Waals surface area contributed by atoms with Crippen molar-refractivity contribution in [1.29, 1.82) is 0 Å². The van der Waals surface area contributed by atoms with Crippen molar-refractivity contribution in [2.75, 3.05) is 11.9 Å². The van der Waals surface area contributed by atoms with Gasteiger partial charge in [-0.2, -0.15) is 0 Å². The van der Waals surface area contributed by atoms with E-state index < -0.39 is 0 Å². The SMILES string of the molecule is CC1CC(C)(C)N(C)c2ccc(/N=N/c3nc4sc(/C=C5/NC(=O)SC5=O)cc4s3)cc21. The molecule has 0 saturated carbocycles. The lowest BCUT2D eigenvalue weighted by Gasteiger charge is -2.45. The zero-order chi connectivity index (χ0) is 22.6. The highest BCUT2D eigenvalue weighted by Crippen LogP contribution is 2.44. The minimum absolute atomic E-state index is 0.131. The first-order chi connectivity index (χ1) is 15.2. The molecule has 3 aromatic rings. The lowest BCUT2D eigenvalue weighted by molar-refractivity contribution is -0.107. The van der Waals surface area contributed by atoms with E-state index in [1.54, 1.807) is 6.08 Å². The first kappa shape index (κ1) is 21.3. The fourth-order valence-corrected chi connectivity index (χ4v) is 6.68. The molecule has 4 heterocycles. The van der Waals surface area contributed by atoms with Crippen LogP contribution in [0.3, 0.4) is 0 Å². The normalized spacial score (nSPS) is 21.7. The predicted octanol–water partition coefficient (Wildman–Crippen LogP) is 6.82. The van der Waals surface area contributed by atoms with Crippen molar-refractivity contribution >= 4 is 76.9 Å². The Kier molecular flexibility index (Phi) is 5.18. The van der Waals surface area contributed by atoms with Crippen molar-refractivity contribution in [1.82, 2.24) is 10.3 Å². The Balaban J connectivity index is 1.36. The van der Waals surface area contributed by atoms with Gasteiger partial charge in [0.05, 0.1) is 16.1 Å². The molecule has 1 amide bonds. The molecule has 32 heavy (non-hydrogen) atoms. The number of thiophene rings is 1. The van der Waals surface area contributed by atoms with Gasteiger partial charge in [0.15, 0.2) is 0 Å².